The van der Waals surface area contributed by atoms with Crippen molar-refractivity contribution in [3.8, 4) is 5.75 Å². The molecule has 1 N–H and O–H groups in total. The molecule has 4 rings (SSSR count). The van der Waals surface area contributed by atoms with Gasteiger partial charge in [0.25, 0.3) is 11.8 Å². The number of hydrogen-bond donors (Lipinski definition) is 1. The summed E-state index contributed by atoms with van der Waals surface area (Å²) in [6, 6.07) is 7.96. The van der Waals surface area contributed by atoms with Gasteiger partial charge in [-0.1, -0.05) is 6.07 Å². The molecule has 2 heterocycles. The average molecular weight is 496 g/mol. The lowest BCUT2D eigenvalue weighted by Crippen LogP contribution is -2.43. The van der Waals surface area contributed by atoms with Crippen molar-refractivity contribution >= 4 is 36.7 Å². The maximum absolute atomic E-state index is 14.5. The van der Waals surface area contributed by atoms with E-state index >= 15 is 0 Å². The van der Waals surface area contributed by atoms with Gasteiger partial charge in [-0.15, -0.1) is 0 Å². The van der Waals surface area contributed by atoms with E-state index in [-0.39, 0.29) is 54.5 Å². The molecule has 2 aromatic carbocycles. The molecule has 2 amide bonds. The number of alkyl halides is 3. The summed E-state index contributed by atoms with van der Waals surface area (Å²) >= 11 is 0. The number of methoxy groups -OCH3 is 1. The molecule has 0 saturated carbocycles. The number of fused-ring (bicyclic) bond motifs is 1. The van der Waals surface area contributed by atoms with E-state index in [0.29, 0.717) is 0 Å². The highest BCUT2D eigenvalue weighted by Crippen LogP contribution is 2.34. The van der Waals surface area contributed by atoms with E-state index < -0.39 is 29.4 Å². The van der Waals surface area contributed by atoms with Gasteiger partial charge in [0.15, 0.2) is 17.3 Å². The second kappa shape index (κ2) is 9.37. The fraction of sp³-hybridized carbons (Fsp3) is 0.227. The van der Waals surface area contributed by atoms with Crippen LogP contribution in [0.1, 0.15) is 39.4 Å². The Kier molecular flexibility index (Phi) is 6.92. The second-order valence-electron chi connectivity index (χ2n) is 7.44. The first-order valence-corrected chi connectivity index (χ1v) is 9.82. The van der Waals surface area contributed by atoms with Crippen molar-refractivity contribution in [1.82, 2.24) is 9.78 Å². The Morgan fingerprint density at radius 2 is 1.85 bits per heavy atom. The number of nitrogens with zero attached hydrogens (tertiary/aromatic N) is 3. The van der Waals surface area contributed by atoms with Crippen LogP contribution in [0.4, 0.5) is 28.9 Å². The van der Waals surface area contributed by atoms with E-state index in [1.54, 1.807) is 6.92 Å². The molecule has 180 valence electrons. The molecule has 0 bridgehead atoms. The van der Waals surface area contributed by atoms with Crippen LogP contribution in [-0.4, -0.2) is 35.2 Å². The van der Waals surface area contributed by atoms with Gasteiger partial charge in [-0.05, 0) is 43.3 Å². The second-order valence-corrected chi connectivity index (χ2v) is 7.44. The van der Waals surface area contributed by atoms with Crippen LogP contribution >= 0.6 is 13.5 Å². The van der Waals surface area contributed by atoms with Gasteiger partial charge in [0.05, 0.1) is 36.2 Å². The third-order valence-corrected chi connectivity index (χ3v) is 5.29. The van der Waals surface area contributed by atoms with Gasteiger partial charge in [-0.2, -0.15) is 31.8 Å². The normalized spacial score (nSPS) is 15.4. The largest absolute Gasteiger partial charge is 0.494 e. The van der Waals surface area contributed by atoms with Crippen LogP contribution in [0.2, 0.25) is 0 Å². The first-order valence-electron chi connectivity index (χ1n) is 9.82. The zero-order valence-electron chi connectivity index (χ0n) is 18.0. The van der Waals surface area contributed by atoms with Crippen molar-refractivity contribution in [2.45, 2.75) is 19.1 Å². The highest BCUT2D eigenvalue weighted by atomic mass is 32.1. The zero-order valence-corrected chi connectivity index (χ0v) is 19.0. The highest BCUT2D eigenvalue weighted by Gasteiger charge is 2.35. The minimum atomic E-state index is -4.50. The average Bonchev–Trinajstić information content (AvgIpc) is 3.20. The molecule has 0 unspecified atom stereocenters. The summed E-state index contributed by atoms with van der Waals surface area (Å²) in [5.41, 5.74) is -0.767. The first kappa shape index (κ1) is 25.1. The zero-order chi connectivity index (χ0) is 23.9. The molecule has 0 aliphatic carbocycles. The molecule has 0 saturated heterocycles. The molecule has 3 aromatic rings. The third kappa shape index (κ3) is 4.45. The number of amides is 2. The Bertz CT molecular complexity index is 1230. The van der Waals surface area contributed by atoms with E-state index in [0.717, 1.165) is 12.1 Å². The van der Waals surface area contributed by atoms with Crippen molar-refractivity contribution in [1.29, 1.82) is 0 Å². The van der Waals surface area contributed by atoms with Crippen LogP contribution in [0.15, 0.2) is 48.7 Å². The topological polar surface area (TPSA) is 76.5 Å². The lowest BCUT2D eigenvalue weighted by atomic mass is 10.1. The molecule has 0 spiro atoms. The third-order valence-electron chi connectivity index (χ3n) is 5.29. The number of ether oxygens (including phenoxy) is 1. The molecule has 1 aliphatic rings. The van der Waals surface area contributed by atoms with E-state index in [1.807, 2.05) is 0 Å². The van der Waals surface area contributed by atoms with Crippen LogP contribution in [-0.2, 0) is 6.18 Å². The van der Waals surface area contributed by atoms with Crippen molar-refractivity contribution in [3.63, 3.8) is 0 Å². The highest BCUT2D eigenvalue weighted by molar-refractivity contribution is 7.59. The fourth-order valence-corrected chi connectivity index (χ4v) is 3.64. The number of carbonyl (C=O) groups excluding carboxylic acids is 2. The molecule has 0 fully saturated rings. The van der Waals surface area contributed by atoms with Gasteiger partial charge in [0.1, 0.15) is 0 Å². The number of benzene rings is 2. The van der Waals surface area contributed by atoms with Crippen LogP contribution in [0.5, 0.6) is 5.75 Å². The number of rotatable bonds is 4. The Hall–Kier alpha value is -3.54. The smallest absolute Gasteiger partial charge is 0.416 e. The molecule has 1 aromatic heterocycles. The maximum Gasteiger partial charge on any atom is 0.416 e. The fourth-order valence-electron chi connectivity index (χ4n) is 3.64. The van der Waals surface area contributed by atoms with Crippen molar-refractivity contribution in [2.24, 2.45) is 0 Å². The minimum Gasteiger partial charge on any atom is -0.494 e. The van der Waals surface area contributed by atoms with Gasteiger partial charge in [0.2, 0.25) is 0 Å². The lowest BCUT2D eigenvalue weighted by molar-refractivity contribution is -0.137. The summed E-state index contributed by atoms with van der Waals surface area (Å²) in [6.45, 7) is 1.93. The number of halogens is 4. The van der Waals surface area contributed by atoms with E-state index in [1.165, 1.54) is 53.2 Å². The van der Waals surface area contributed by atoms with Gasteiger partial charge in [0, 0.05) is 12.2 Å². The predicted molar refractivity (Wildman–Crippen MR) is 121 cm³/mol. The molecule has 0 radical (unpaired) electrons. The SMILES string of the molecule is COc1cccc(C(=O)Nc2cnn3c2C(=O)N(c2ccc(C(F)(F)F)cc2)C[C@@H]3C)c1F.S. The molecule has 34 heavy (non-hydrogen) atoms. The molecule has 1 aliphatic heterocycles. The van der Waals surface area contributed by atoms with Crippen molar-refractivity contribution in [3.05, 3.63) is 71.3 Å². The van der Waals surface area contributed by atoms with Crippen LogP contribution < -0.4 is 15.0 Å². The van der Waals surface area contributed by atoms with E-state index in [2.05, 4.69) is 10.4 Å². The van der Waals surface area contributed by atoms with Crippen LogP contribution in [0, 0.1) is 5.82 Å². The van der Waals surface area contributed by atoms with Gasteiger partial charge >= 0.3 is 6.18 Å². The Labute approximate surface area is 198 Å². The van der Waals surface area contributed by atoms with Crippen molar-refractivity contribution in [2.75, 3.05) is 23.9 Å². The number of anilines is 2. The van der Waals surface area contributed by atoms with Gasteiger partial charge in [-0.25, -0.2) is 4.39 Å². The molecule has 7 nitrogen and oxygen atoms in total. The minimum absolute atomic E-state index is 0. The number of hydrogen-bond acceptors (Lipinski definition) is 4. The summed E-state index contributed by atoms with van der Waals surface area (Å²) < 4.78 is 59.4. The Morgan fingerprint density at radius 3 is 2.47 bits per heavy atom. The molecule has 1 atom stereocenters. The summed E-state index contributed by atoms with van der Waals surface area (Å²) in [6.07, 6.45) is -3.22. The summed E-state index contributed by atoms with van der Waals surface area (Å²) in [5, 5.41) is 6.65. The van der Waals surface area contributed by atoms with E-state index in [4.69, 9.17) is 4.74 Å². The van der Waals surface area contributed by atoms with Crippen molar-refractivity contribution < 1.29 is 31.9 Å². The quantitative estimate of drug-likeness (QED) is 0.534. The molecular weight excluding hydrogens is 476 g/mol. The summed E-state index contributed by atoms with van der Waals surface area (Å²) in [5.74, 6) is -2.34. The first-order chi connectivity index (χ1) is 15.6. The monoisotopic (exact) mass is 496 g/mol. The Balaban J connectivity index is 0.00000324. The summed E-state index contributed by atoms with van der Waals surface area (Å²) in [4.78, 5) is 27.2. The van der Waals surface area contributed by atoms with E-state index in [9.17, 15) is 27.2 Å². The summed E-state index contributed by atoms with van der Waals surface area (Å²) in [7, 11) is 1.27. The van der Waals surface area contributed by atoms with Crippen LogP contribution in [0.25, 0.3) is 0 Å². The number of aromatic nitrogens is 2. The number of carbonyl (C=O) groups is 2. The maximum atomic E-state index is 14.5. The standard InChI is InChI=1S/C22H18F4N4O3.H2S/c1-12-11-29(14-8-6-13(7-9-14)22(24,25)26)21(32)19-16(10-27-30(12)19)28-20(31)15-4-3-5-17(33-2)18(15)23;/h3-10,12H,11H2,1-2H3,(H,28,31);1H2/t12-;/m0./s1. The van der Waals surface area contributed by atoms with Crippen LogP contribution in [0.3, 0.4) is 0 Å². The molecule has 12 heteroatoms. The van der Waals surface area contributed by atoms with Gasteiger partial charge < -0.3 is 15.0 Å². The lowest BCUT2D eigenvalue weighted by Gasteiger charge is -2.32. The Morgan fingerprint density at radius 1 is 1.18 bits per heavy atom. The molecular formula is C22H20F4N4O3S. The predicted octanol–water partition coefficient (Wildman–Crippen LogP) is 4.64. The van der Waals surface area contributed by atoms with Gasteiger partial charge in [-0.3, -0.25) is 14.3 Å². The number of nitrogens with one attached hydrogen (secondary N) is 1.